The lowest BCUT2D eigenvalue weighted by atomic mass is 10.2. The largest absolute Gasteiger partial charge is 0.444 e. The number of rotatable bonds is 6. The molecule has 1 amide bonds. The van der Waals surface area contributed by atoms with Crippen molar-refractivity contribution in [2.24, 2.45) is 0 Å². The van der Waals surface area contributed by atoms with E-state index in [1.54, 1.807) is 20.8 Å². The standard InChI is InChI=1S/C11H21F3N2O2/c1-10(2,3)18-9(17)16-8-7-15-6-4-5-11(12,13)14/h15H,4-8H2,1-3H3,(H,16,17). The molecule has 0 heterocycles. The van der Waals surface area contributed by atoms with Crippen LogP contribution in [0.15, 0.2) is 0 Å². The number of carbonyl (C=O) groups is 1. The van der Waals surface area contributed by atoms with Crippen molar-refractivity contribution in [2.45, 2.75) is 45.4 Å². The van der Waals surface area contributed by atoms with Gasteiger partial charge in [-0.25, -0.2) is 4.79 Å². The van der Waals surface area contributed by atoms with Crippen molar-refractivity contribution in [1.82, 2.24) is 10.6 Å². The second-order valence-electron chi connectivity index (χ2n) is 4.90. The molecule has 2 N–H and O–H groups in total. The number of amides is 1. The molecule has 0 spiro atoms. The molecule has 0 aliphatic heterocycles. The molecule has 0 aromatic heterocycles. The smallest absolute Gasteiger partial charge is 0.407 e. The first kappa shape index (κ1) is 17.0. The minimum absolute atomic E-state index is 0.0376. The van der Waals surface area contributed by atoms with Gasteiger partial charge < -0.3 is 15.4 Å². The van der Waals surface area contributed by atoms with Crippen molar-refractivity contribution in [2.75, 3.05) is 19.6 Å². The summed E-state index contributed by atoms with van der Waals surface area (Å²) in [6, 6.07) is 0. The van der Waals surface area contributed by atoms with E-state index in [0.717, 1.165) is 0 Å². The van der Waals surface area contributed by atoms with Gasteiger partial charge in [0.2, 0.25) is 0 Å². The van der Waals surface area contributed by atoms with Gasteiger partial charge in [-0.15, -0.1) is 0 Å². The van der Waals surface area contributed by atoms with Crippen LogP contribution < -0.4 is 10.6 Å². The first-order valence-corrected chi connectivity index (χ1v) is 5.84. The summed E-state index contributed by atoms with van der Waals surface area (Å²) < 4.78 is 40.4. The monoisotopic (exact) mass is 270 g/mol. The summed E-state index contributed by atoms with van der Waals surface area (Å²) in [4.78, 5) is 11.2. The molecule has 0 fully saturated rings. The summed E-state index contributed by atoms with van der Waals surface area (Å²) in [5.41, 5.74) is -0.551. The van der Waals surface area contributed by atoms with Crippen molar-refractivity contribution in [1.29, 1.82) is 0 Å². The Kier molecular flexibility index (Phi) is 7.05. The van der Waals surface area contributed by atoms with Crippen LogP contribution in [0.4, 0.5) is 18.0 Å². The molecule has 0 unspecified atom stereocenters. The van der Waals surface area contributed by atoms with Gasteiger partial charge in [-0.1, -0.05) is 0 Å². The van der Waals surface area contributed by atoms with E-state index < -0.39 is 24.3 Å². The van der Waals surface area contributed by atoms with Crippen LogP contribution in [-0.4, -0.2) is 37.5 Å². The lowest BCUT2D eigenvalue weighted by Crippen LogP contribution is -2.36. The molecule has 0 atom stereocenters. The van der Waals surface area contributed by atoms with E-state index in [9.17, 15) is 18.0 Å². The SMILES string of the molecule is CC(C)(C)OC(=O)NCCNCCCC(F)(F)F. The Morgan fingerprint density at radius 2 is 1.72 bits per heavy atom. The van der Waals surface area contributed by atoms with Crippen LogP contribution in [0.5, 0.6) is 0 Å². The molecular weight excluding hydrogens is 249 g/mol. The molecule has 0 rings (SSSR count). The summed E-state index contributed by atoms with van der Waals surface area (Å²) in [6.45, 7) is 6.26. The zero-order valence-electron chi connectivity index (χ0n) is 11.0. The molecule has 7 heteroatoms. The molecule has 0 saturated carbocycles. The highest BCUT2D eigenvalue weighted by Gasteiger charge is 2.25. The van der Waals surface area contributed by atoms with Crippen molar-refractivity contribution in [3.8, 4) is 0 Å². The highest BCUT2D eigenvalue weighted by atomic mass is 19.4. The summed E-state index contributed by atoms with van der Waals surface area (Å²) in [5, 5.41) is 5.31. The Bertz CT molecular complexity index is 250. The van der Waals surface area contributed by atoms with Gasteiger partial charge in [0.05, 0.1) is 0 Å². The van der Waals surface area contributed by atoms with Gasteiger partial charge in [-0.3, -0.25) is 0 Å². The number of alkyl halides is 3. The van der Waals surface area contributed by atoms with Crippen LogP contribution >= 0.6 is 0 Å². The molecule has 0 aromatic carbocycles. The topological polar surface area (TPSA) is 50.4 Å². The fourth-order valence-corrected chi connectivity index (χ4v) is 1.11. The van der Waals surface area contributed by atoms with E-state index in [4.69, 9.17) is 4.74 Å². The van der Waals surface area contributed by atoms with Gasteiger partial charge in [0, 0.05) is 19.5 Å². The third kappa shape index (κ3) is 13.1. The third-order valence-corrected chi connectivity index (χ3v) is 1.78. The minimum Gasteiger partial charge on any atom is -0.444 e. The Labute approximate surface area is 105 Å². The number of nitrogens with one attached hydrogen (secondary N) is 2. The van der Waals surface area contributed by atoms with Crippen LogP contribution in [0.3, 0.4) is 0 Å². The molecule has 0 bridgehead atoms. The highest BCUT2D eigenvalue weighted by molar-refractivity contribution is 5.67. The molecule has 0 radical (unpaired) electrons. The van der Waals surface area contributed by atoms with Gasteiger partial charge in [-0.2, -0.15) is 13.2 Å². The quantitative estimate of drug-likeness (QED) is 0.729. The van der Waals surface area contributed by atoms with Gasteiger partial charge in [0.25, 0.3) is 0 Å². The van der Waals surface area contributed by atoms with E-state index in [2.05, 4.69) is 10.6 Å². The molecular formula is C11H21F3N2O2. The number of ether oxygens (including phenoxy) is 1. The first-order valence-electron chi connectivity index (χ1n) is 5.84. The Morgan fingerprint density at radius 3 is 2.22 bits per heavy atom. The number of alkyl carbamates (subject to hydrolysis) is 1. The minimum atomic E-state index is -4.10. The van der Waals surface area contributed by atoms with Gasteiger partial charge in [-0.05, 0) is 33.7 Å². The van der Waals surface area contributed by atoms with E-state index in [-0.39, 0.29) is 13.0 Å². The molecule has 0 aliphatic carbocycles. The summed E-state index contributed by atoms with van der Waals surface area (Å²) >= 11 is 0. The first-order chi connectivity index (χ1) is 8.10. The zero-order chi connectivity index (χ0) is 14.2. The predicted molar refractivity (Wildman–Crippen MR) is 62.4 cm³/mol. The fourth-order valence-electron chi connectivity index (χ4n) is 1.11. The van der Waals surface area contributed by atoms with Gasteiger partial charge >= 0.3 is 12.3 Å². The summed E-state index contributed by atoms with van der Waals surface area (Å²) in [6.07, 6.45) is -5.38. The molecule has 108 valence electrons. The van der Waals surface area contributed by atoms with Crippen molar-refractivity contribution in [3.05, 3.63) is 0 Å². The molecule has 0 aromatic rings. The highest BCUT2D eigenvalue weighted by Crippen LogP contribution is 2.20. The Balaban J connectivity index is 3.39. The maximum atomic E-state index is 11.8. The van der Waals surface area contributed by atoms with E-state index >= 15 is 0 Å². The van der Waals surface area contributed by atoms with E-state index in [1.165, 1.54) is 0 Å². The molecule has 18 heavy (non-hydrogen) atoms. The van der Waals surface area contributed by atoms with Crippen LogP contribution in [0.1, 0.15) is 33.6 Å². The van der Waals surface area contributed by atoms with Crippen LogP contribution in [-0.2, 0) is 4.74 Å². The van der Waals surface area contributed by atoms with Gasteiger partial charge in [0.1, 0.15) is 5.60 Å². The Morgan fingerprint density at radius 1 is 1.11 bits per heavy atom. The average molecular weight is 270 g/mol. The number of halogens is 3. The summed E-state index contributed by atoms with van der Waals surface area (Å²) in [5.74, 6) is 0. The predicted octanol–water partition coefficient (Wildman–Crippen LogP) is 2.44. The third-order valence-electron chi connectivity index (χ3n) is 1.78. The van der Waals surface area contributed by atoms with Crippen LogP contribution in [0.2, 0.25) is 0 Å². The van der Waals surface area contributed by atoms with Crippen LogP contribution in [0, 0.1) is 0 Å². The lowest BCUT2D eigenvalue weighted by molar-refractivity contribution is -0.135. The molecule has 4 nitrogen and oxygen atoms in total. The second kappa shape index (κ2) is 7.45. The Hall–Kier alpha value is -0.980. The fraction of sp³-hybridized carbons (Fsp3) is 0.909. The van der Waals surface area contributed by atoms with Crippen molar-refractivity contribution >= 4 is 6.09 Å². The van der Waals surface area contributed by atoms with Crippen molar-refractivity contribution < 1.29 is 22.7 Å². The number of hydrogen-bond donors (Lipinski definition) is 2. The van der Waals surface area contributed by atoms with Crippen LogP contribution in [0.25, 0.3) is 0 Å². The second-order valence-corrected chi connectivity index (χ2v) is 4.90. The lowest BCUT2D eigenvalue weighted by Gasteiger charge is -2.19. The van der Waals surface area contributed by atoms with E-state index in [1.807, 2.05) is 0 Å². The maximum Gasteiger partial charge on any atom is 0.407 e. The number of hydrogen-bond acceptors (Lipinski definition) is 3. The normalized spacial score (nSPS) is 12.3. The number of carbonyl (C=O) groups excluding carboxylic acids is 1. The molecule has 0 aliphatic rings. The zero-order valence-corrected chi connectivity index (χ0v) is 11.0. The van der Waals surface area contributed by atoms with Gasteiger partial charge in [0.15, 0.2) is 0 Å². The average Bonchev–Trinajstić information content (AvgIpc) is 2.11. The maximum absolute atomic E-state index is 11.8. The van der Waals surface area contributed by atoms with Crippen molar-refractivity contribution in [3.63, 3.8) is 0 Å². The van der Waals surface area contributed by atoms with E-state index in [0.29, 0.717) is 13.1 Å². The molecule has 0 saturated heterocycles. The summed E-state index contributed by atoms with van der Waals surface area (Å²) in [7, 11) is 0.